The molecule has 11 heteroatoms. The molecular formula is C26H26ClFN2O6P+. The van der Waals surface area contributed by atoms with Gasteiger partial charge in [-0.2, -0.15) is 19.0 Å². The average molecular weight is 548 g/mol. The molecule has 1 aromatic heterocycles. The molecule has 37 heavy (non-hydrogen) atoms. The lowest BCUT2D eigenvalue weighted by atomic mass is 10.4. The summed E-state index contributed by atoms with van der Waals surface area (Å²) in [6.07, 6.45) is 0. The minimum atomic E-state index is -4.69. The number of anilines is 1. The fourth-order valence-electron chi connectivity index (χ4n) is 4.36. The van der Waals surface area contributed by atoms with Crippen LogP contribution in [0.3, 0.4) is 0 Å². The van der Waals surface area contributed by atoms with Gasteiger partial charge in [-0.25, -0.2) is 4.39 Å². The first-order valence-corrected chi connectivity index (χ1v) is 14.5. The molecule has 1 N–H and O–H groups in total. The molecule has 0 saturated carbocycles. The SMILES string of the molecule is FCc1nc([P+](c2ccccc2)(c2ccccc2)c2ccccc2)c(N2CCOCC2)o1.[O-][Cl+3]([O-])([O-])O. The van der Waals surface area contributed by atoms with Crippen molar-refractivity contribution in [3.63, 3.8) is 0 Å². The molecule has 0 aliphatic carbocycles. The summed E-state index contributed by atoms with van der Waals surface area (Å²) in [5, 5.41) is 3.47. The number of oxazole rings is 1. The second kappa shape index (κ2) is 12.1. The molecule has 4 aromatic rings. The van der Waals surface area contributed by atoms with E-state index in [0.717, 1.165) is 21.3 Å². The number of nitrogens with zero attached hydrogens (tertiary/aromatic N) is 2. The van der Waals surface area contributed by atoms with Crippen molar-refractivity contribution >= 4 is 34.5 Å². The number of benzene rings is 3. The van der Waals surface area contributed by atoms with Crippen LogP contribution in [0.25, 0.3) is 0 Å². The third-order valence-corrected chi connectivity index (χ3v) is 9.94. The van der Waals surface area contributed by atoms with Gasteiger partial charge in [0.25, 0.3) is 11.3 Å². The van der Waals surface area contributed by atoms with E-state index in [9.17, 15) is 4.39 Å². The largest absolute Gasteiger partial charge is 0.418 e. The fraction of sp³-hybridized carbons (Fsp3) is 0.192. The Morgan fingerprint density at radius 2 is 1.22 bits per heavy atom. The summed E-state index contributed by atoms with van der Waals surface area (Å²) in [6.45, 7) is 1.85. The molecule has 1 aliphatic heterocycles. The van der Waals surface area contributed by atoms with Crippen LogP contribution in [0, 0.1) is 10.2 Å². The summed E-state index contributed by atoms with van der Waals surface area (Å²) in [6, 6.07) is 31.3. The van der Waals surface area contributed by atoms with E-state index in [1.165, 1.54) is 0 Å². The average Bonchev–Trinajstić information content (AvgIpc) is 3.35. The summed E-state index contributed by atoms with van der Waals surface area (Å²) in [4.78, 5) is 6.98. The number of hydrogen-bond acceptors (Lipinski definition) is 8. The number of hydrogen-bond donors (Lipinski definition) is 1. The van der Waals surface area contributed by atoms with Gasteiger partial charge < -0.3 is 14.1 Å². The van der Waals surface area contributed by atoms with Crippen LogP contribution in [0.1, 0.15) is 5.89 Å². The topological polar surface area (TPSA) is 128 Å². The highest BCUT2D eigenvalue weighted by molar-refractivity contribution is 8.01. The Labute approximate surface area is 216 Å². The molecule has 194 valence electrons. The molecule has 1 saturated heterocycles. The van der Waals surface area contributed by atoms with E-state index in [2.05, 4.69) is 77.7 Å². The third kappa shape index (κ3) is 6.34. The Balaban J connectivity index is 0.000000586. The second-order valence-electron chi connectivity index (χ2n) is 8.04. The molecule has 0 bridgehead atoms. The Kier molecular flexibility index (Phi) is 8.89. The van der Waals surface area contributed by atoms with Crippen LogP contribution in [0.5, 0.6) is 0 Å². The van der Waals surface area contributed by atoms with Crippen molar-refractivity contribution in [2.75, 3.05) is 31.2 Å². The van der Waals surface area contributed by atoms with Gasteiger partial charge in [0.2, 0.25) is 5.89 Å². The molecule has 0 radical (unpaired) electrons. The molecular weight excluding hydrogens is 522 g/mol. The number of rotatable bonds is 6. The minimum Gasteiger partial charge on any atom is -0.418 e. The van der Waals surface area contributed by atoms with Crippen molar-refractivity contribution in [3.8, 4) is 0 Å². The molecule has 3 aromatic carbocycles. The van der Waals surface area contributed by atoms with Crippen LogP contribution in [-0.2, 0) is 11.4 Å². The number of ether oxygens (including phenoxy) is 1. The van der Waals surface area contributed by atoms with E-state index in [1.54, 1.807) is 0 Å². The highest BCUT2D eigenvalue weighted by Crippen LogP contribution is 2.56. The second-order valence-corrected chi connectivity index (χ2v) is 12.1. The van der Waals surface area contributed by atoms with Crippen molar-refractivity contribution in [2.45, 2.75) is 6.67 Å². The Hall–Kier alpha value is -2.88. The van der Waals surface area contributed by atoms with Gasteiger partial charge in [-0.3, -0.25) is 0 Å². The van der Waals surface area contributed by atoms with E-state index in [1.807, 2.05) is 18.2 Å². The van der Waals surface area contributed by atoms with Crippen molar-refractivity contribution < 1.29 is 42.4 Å². The first-order chi connectivity index (χ1) is 17.8. The monoisotopic (exact) mass is 547 g/mol. The Bertz CT molecular complexity index is 1150. The lowest BCUT2D eigenvalue weighted by molar-refractivity contribution is -1.92. The first kappa shape index (κ1) is 27.2. The van der Waals surface area contributed by atoms with Gasteiger partial charge in [0.05, 0.1) is 28.1 Å². The summed E-state index contributed by atoms with van der Waals surface area (Å²) in [5.41, 5.74) is 0.815. The number of aromatic nitrogens is 1. The Morgan fingerprint density at radius 1 is 0.811 bits per heavy atom. The van der Waals surface area contributed by atoms with E-state index in [0.29, 0.717) is 32.2 Å². The molecule has 5 rings (SSSR count). The molecule has 1 aliphatic rings. The van der Waals surface area contributed by atoms with Crippen LogP contribution in [-0.4, -0.2) is 35.9 Å². The van der Waals surface area contributed by atoms with Gasteiger partial charge in [0.1, 0.15) is 15.9 Å². The van der Waals surface area contributed by atoms with E-state index in [-0.39, 0.29) is 5.89 Å². The smallest absolute Gasteiger partial charge is 0.262 e. The molecule has 8 nitrogen and oxygen atoms in total. The van der Waals surface area contributed by atoms with Gasteiger partial charge in [0, 0.05) is 13.1 Å². The lowest BCUT2D eigenvalue weighted by Gasteiger charge is -2.30. The predicted octanol–water partition coefficient (Wildman–Crippen LogP) is -0.524. The van der Waals surface area contributed by atoms with Crippen molar-refractivity contribution in [2.24, 2.45) is 0 Å². The zero-order chi connectivity index (χ0) is 26.3. The van der Waals surface area contributed by atoms with Gasteiger partial charge in [-0.05, 0) is 36.4 Å². The minimum absolute atomic E-state index is 0.119. The zero-order valence-corrected chi connectivity index (χ0v) is 21.4. The molecule has 0 atom stereocenters. The molecule has 0 unspecified atom stereocenters. The van der Waals surface area contributed by atoms with Crippen molar-refractivity contribution in [1.82, 2.24) is 4.98 Å². The molecule has 0 amide bonds. The van der Waals surface area contributed by atoms with Crippen molar-refractivity contribution in [1.29, 1.82) is 0 Å². The maximum atomic E-state index is 13.9. The normalized spacial score (nSPS) is 14.1. The van der Waals surface area contributed by atoms with E-state index >= 15 is 0 Å². The zero-order valence-electron chi connectivity index (χ0n) is 19.8. The first-order valence-electron chi connectivity index (χ1n) is 11.4. The van der Waals surface area contributed by atoms with Crippen LogP contribution < -0.4 is 40.2 Å². The van der Waals surface area contributed by atoms with Crippen LogP contribution in [0.15, 0.2) is 95.4 Å². The fourth-order valence-corrected chi connectivity index (χ4v) is 8.58. The summed E-state index contributed by atoms with van der Waals surface area (Å²) in [5.74, 6) is 0.777. The highest BCUT2D eigenvalue weighted by atomic mass is 35.7. The maximum absolute atomic E-state index is 13.9. The molecule has 1 fully saturated rings. The highest BCUT2D eigenvalue weighted by Gasteiger charge is 2.53. The predicted molar refractivity (Wildman–Crippen MR) is 131 cm³/mol. The number of alkyl halides is 1. The Morgan fingerprint density at radius 3 is 1.59 bits per heavy atom. The third-order valence-electron chi connectivity index (χ3n) is 5.80. The van der Waals surface area contributed by atoms with Gasteiger partial charge in [-0.15, -0.1) is 0 Å². The summed E-state index contributed by atoms with van der Waals surface area (Å²) >= 11 is 0. The van der Waals surface area contributed by atoms with Gasteiger partial charge >= 0.3 is 0 Å². The summed E-state index contributed by atoms with van der Waals surface area (Å²) in [7, 11) is -7.15. The summed E-state index contributed by atoms with van der Waals surface area (Å²) < 4.78 is 58.3. The van der Waals surface area contributed by atoms with E-state index < -0.39 is 24.2 Å². The van der Waals surface area contributed by atoms with Crippen molar-refractivity contribution in [3.05, 3.63) is 96.9 Å². The number of morpholine rings is 1. The quantitative estimate of drug-likeness (QED) is 0.319. The van der Waals surface area contributed by atoms with Gasteiger partial charge in [-0.1, -0.05) is 54.6 Å². The maximum Gasteiger partial charge on any atom is 0.262 e. The molecule has 2 heterocycles. The van der Waals surface area contributed by atoms with Crippen LogP contribution in [0.4, 0.5) is 10.3 Å². The lowest BCUT2D eigenvalue weighted by Crippen LogP contribution is -2.58. The van der Waals surface area contributed by atoms with Crippen LogP contribution >= 0.6 is 7.26 Å². The molecule has 0 spiro atoms. The van der Waals surface area contributed by atoms with Gasteiger partial charge in [0.15, 0.2) is 13.9 Å². The standard InChI is InChI=1S/C26H25FN2O2P.ClHO4/c27-20-24-28-25(26(31-24)29-16-18-30-19-17-29)32(21-10-4-1-5-11-21,22-12-6-2-7-13-22)23-14-8-3-9-15-23;2-1(3,4)5/h1-15H,16-20H2;(H,2,3,4,5)/q+1;. The van der Waals surface area contributed by atoms with E-state index in [4.69, 9.17) is 32.8 Å². The number of halogens is 2. The van der Waals surface area contributed by atoms with Crippen LogP contribution in [0.2, 0.25) is 0 Å².